The van der Waals surface area contributed by atoms with Crippen LogP contribution in [0.1, 0.15) is 18.4 Å². The summed E-state index contributed by atoms with van der Waals surface area (Å²) in [6.45, 7) is 1.61. The van der Waals surface area contributed by atoms with Gasteiger partial charge in [0.2, 0.25) is 0 Å². The van der Waals surface area contributed by atoms with Crippen LogP contribution in [0.15, 0.2) is 24.5 Å². The molecule has 0 amide bonds. The van der Waals surface area contributed by atoms with Crippen LogP contribution in [0.5, 0.6) is 0 Å². The molecular formula is C11H16N2O2S. The van der Waals surface area contributed by atoms with Gasteiger partial charge in [0, 0.05) is 12.4 Å². The lowest BCUT2D eigenvalue weighted by atomic mass is 10.2. The van der Waals surface area contributed by atoms with Crippen molar-refractivity contribution in [1.29, 1.82) is 0 Å². The maximum Gasteiger partial charge on any atom is 0.157 e. The van der Waals surface area contributed by atoms with Crippen molar-refractivity contribution in [2.75, 3.05) is 13.1 Å². The van der Waals surface area contributed by atoms with Crippen molar-refractivity contribution in [3.05, 3.63) is 30.1 Å². The van der Waals surface area contributed by atoms with Gasteiger partial charge in [0.25, 0.3) is 0 Å². The average molecular weight is 240 g/mol. The fourth-order valence-corrected chi connectivity index (χ4v) is 3.83. The minimum absolute atomic E-state index is 0.139. The van der Waals surface area contributed by atoms with Crippen molar-refractivity contribution in [2.45, 2.75) is 23.8 Å². The molecule has 5 heteroatoms. The minimum Gasteiger partial charge on any atom is -0.317 e. The summed E-state index contributed by atoms with van der Waals surface area (Å²) in [6, 6.07) is 3.53. The summed E-state index contributed by atoms with van der Waals surface area (Å²) in [4.78, 5) is 3.88. The van der Waals surface area contributed by atoms with Gasteiger partial charge in [-0.2, -0.15) is 0 Å². The first-order valence-corrected chi connectivity index (χ1v) is 7.21. The summed E-state index contributed by atoms with van der Waals surface area (Å²) in [6.07, 6.45) is 4.72. The number of pyridine rings is 1. The lowest BCUT2D eigenvalue weighted by Crippen LogP contribution is -2.36. The smallest absolute Gasteiger partial charge is 0.157 e. The molecule has 2 heterocycles. The Morgan fingerprint density at radius 2 is 1.88 bits per heavy atom. The third kappa shape index (κ3) is 2.80. The maximum atomic E-state index is 12.1. The van der Waals surface area contributed by atoms with Gasteiger partial charge in [-0.1, -0.05) is 0 Å². The van der Waals surface area contributed by atoms with E-state index in [0.717, 1.165) is 31.5 Å². The van der Waals surface area contributed by atoms with Gasteiger partial charge in [0.15, 0.2) is 9.84 Å². The normalized spacial score (nSPS) is 18.5. The van der Waals surface area contributed by atoms with E-state index in [4.69, 9.17) is 0 Å². The first-order chi connectivity index (χ1) is 7.68. The van der Waals surface area contributed by atoms with Crippen LogP contribution in [-0.2, 0) is 15.6 Å². The molecule has 1 N–H and O–H groups in total. The zero-order chi connectivity index (χ0) is 11.4. The quantitative estimate of drug-likeness (QED) is 0.847. The van der Waals surface area contributed by atoms with Crippen LogP contribution in [0.3, 0.4) is 0 Å². The standard InChI is InChI=1S/C11H16N2O2S/c14-16(15,11-3-7-13-8-4-11)9-10-1-5-12-6-2-10/h1-2,5-6,11,13H,3-4,7-9H2. The molecule has 1 aromatic heterocycles. The molecule has 0 bridgehead atoms. The summed E-state index contributed by atoms with van der Waals surface area (Å²) in [5.74, 6) is 0.139. The van der Waals surface area contributed by atoms with Gasteiger partial charge < -0.3 is 5.32 Å². The highest BCUT2D eigenvalue weighted by Crippen LogP contribution is 2.17. The summed E-state index contributed by atoms with van der Waals surface area (Å²) in [5, 5.41) is 3.00. The van der Waals surface area contributed by atoms with Crippen molar-refractivity contribution in [3.63, 3.8) is 0 Å². The first kappa shape index (κ1) is 11.5. The van der Waals surface area contributed by atoms with Crippen molar-refractivity contribution < 1.29 is 8.42 Å². The number of sulfone groups is 1. The first-order valence-electron chi connectivity index (χ1n) is 5.50. The maximum absolute atomic E-state index is 12.1. The number of nitrogens with one attached hydrogen (secondary N) is 1. The van der Waals surface area contributed by atoms with Crippen LogP contribution in [0.4, 0.5) is 0 Å². The molecule has 2 rings (SSSR count). The van der Waals surface area contributed by atoms with Crippen LogP contribution in [0, 0.1) is 0 Å². The van der Waals surface area contributed by atoms with Gasteiger partial charge in [0.1, 0.15) is 0 Å². The SMILES string of the molecule is O=S(=O)(Cc1ccncc1)C1CCNCC1. The van der Waals surface area contributed by atoms with Crippen LogP contribution >= 0.6 is 0 Å². The van der Waals surface area contributed by atoms with Crippen LogP contribution in [-0.4, -0.2) is 31.7 Å². The second kappa shape index (κ2) is 4.93. The van der Waals surface area contributed by atoms with Crippen LogP contribution < -0.4 is 5.32 Å². The molecule has 0 radical (unpaired) electrons. The monoisotopic (exact) mass is 240 g/mol. The number of piperidine rings is 1. The molecule has 1 aromatic rings. The third-order valence-electron chi connectivity index (χ3n) is 2.91. The molecule has 4 nitrogen and oxygen atoms in total. The molecular weight excluding hydrogens is 224 g/mol. The predicted octanol–water partition coefficient (Wildman–Crippen LogP) is 0.748. The number of hydrogen-bond acceptors (Lipinski definition) is 4. The van der Waals surface area contributed by atoms with E-state index in [1.165, 1.54) is 0 Å². The Morgan fingerprint density at radius 1 is 1.25 bits per heavy atom. The molecule has 1 saturated heterocycles. The lowest BCUT2D eigenvalue weighted by Gasteiger charge is -2.22. The minimum atomic E-state index is -3.00. The second-order valence-corrected chi connectivity index (χ2v) is 6.39. The van der Waals surface area contributed by atoms with Crippen molar-refractivity contribution in [3.8, 4) is 0 Å². The van der Waals surface area contributed by atoms with E-state index in [0.29, 0.717) is 0 Å². The van der Waals surface area contributed by atoms with Crippen molar-refractivity contribution in [1.82, 2.24) is 10.3 Å². The summed E-state index contributed by atoms with van der Waals surface area (Å²) in [5.41, 5.74) is 0.827. The van der Waals surface area contributed by atoms with Crippen LogP contribution in [0.2, 0.25) is 0 Å². The Bertz CT molecular complexity index is 425. The Balaban J connectivity index is 2.08. The van der Waals surface area contributed by atoms with E-state index in [2.05, 4.69) is 10.3 Å². The molecule has 88 valence electrons. The largest absolute Gasteiger partial charge is 0.317 e. The Morgan fingerprint density at radius 3 is 2.50 bits per heavy atom. The topological polar surface area (TPSA) is 59.1 Å². The van der Waals surface area contributed by atoms with Gasteiger partial charge >= 0.3 is 0 Å². The van der Waals surface area contributed by atoms with Gasteiger partial charge in [0.05, 0.1) is 11.0 Å². The van der Waals surface area contributed by atoms with E-state index >= 15 is 0 Å². The van der Waals surface area contributed by atoms with Crippen molar-refractivity contribution in [2.24, 2.45) is 0 Å². The van der Waals surface area contributed by atoms with Crippen LogP contribution in [0.25, 0.3) is 0 Å². The van der Waals surface area contributed by atoms with E-state index in [9.17, 15) is 8.42 Å². The molecule has 0 spiro atoms. The highest BCUT2D eigenvalue weighted by Gasteiger charge is 2.26. The molecule has 1 fully saturated rings. The Labute approximate surface area is 96.0 Å². The van der Waals surface area contributed by atoms with Crippen molar-refractivity contribution >= 4 is 9.84 Å². The van der Waals surface area contributed by atoms with Gasteiger partial charge in [-0.05, 0) is 43.6 Å². The summed E-state index contributed by atoms with van der Waals surface area (Å²) >= 11 is 0. The fraction of sp³-hybridized carbons (Fsp3) is 0.545. The van der Waals surface area contributed by atoms with Gasteiger partial charge in [-0.15, -0.1) is 0 Å². The number of rotatable bonds is 3. The lowest BCUT2D eigenvalue weighted by molar-refractivity contribution is 0.496. The van der Waals surface area contributed by atoms with Gasteiger partial charge in [-0.25, -0.2) is 8.42 Å². The molecule has 16 heavy (non-hydrogen) atoms. The molecule has 0 unspecified atom stereocenters. The van der Waals surface area contributed by atoms with E-state index in [-0.39, 0.29) is 11.0 Å². The third-order valence-corrected chi connectivity index (χ3v) is 5.13. The predicted molar refractivity (Wildman–Crippen MR) is 62.8 cm³/mol. The Kier molecular flexibility index (Phi) is 3.56. The highest BCUT2D eigenvalue weighted by atomic mass is 32.2. The summed E-state index contributed by atoms with van der Waals surface area (Å²) in [7, 11) is -3.00. The zero-order valence-electron chi connectivity index (χ0n) is 9.09. The molecule has 0 saturated carbocycles. The van der Waals surface area contributed by atoms with E-state index in [1.807, 2.05) is 0 Å². The average Bonchev–Trinajstić information content (AvgIpc) is 2.31. The number of nitrogens with zero attached hydrogens (tertiary/aromatic N) is 1. The molecule has 1 aliphatic heterocycles. The molecule has 0 atom stereocenters. The molecule has 0 aliphatic carbocycles. The second-order valence-electron chi connectivity index (χ2n) is 4.11. The zero-order valence-corrected chi connectivity index (χ0v) is 9.91. The highest BCUT2D eigenvalue weighted by molar-refractivity contribution is 7.91. The van der Waals surface area contributed by atoms with E-state index in [1.54, 1.807) is 24.5 Å². The number of aromatic nitrogens is 1. The fourth-order valence-electron chi connectivity index (χ4n) is 1.98. The number of hydrogen-bond donors (Lipinski definition) is 1. The molecule has 1 aliphatic rings. The van der Waals surface area contributed by atoms with E-state index < -0.39 is 9.84 Å². The molecule has 0 aromatic carbocycles. The Hall–Kier alpha value is -0.940. The van der Waals surface area contributed by atoms with Gasteiger partial charge in [-0.3, -0.25) is 4.98 Å². The summed E-state index contributed by atoms with van der Waals surface area (Å²) < 4.78 is 24.2.